The largest absolute Gasteiger partial charge is 0.495 e. The second kappa shape index (κ2) is 9.44. The van der Waals surface area contributed by atoms with Crippen molar-refractivity contribution < 1.29 is 14.3 Å². The van der Waals surface area contributed by atoms with E-state index in [1.807, 2.05) is 11.0 Å². The van der Waals surface area contributed by atoms with Crippen molar-refractivity contribution in [1.82, 2.24) is 9.47 Å². The van der Waals surface area contributed by atoms with Gasteiger partial charge < -0.3 is 19.5 Å². The number of carbonyl (C=O) groups is 2. The predicted octanol–water partition coefficient (Wildman–Crippen LogP) is 3.93. The maximum Gasteiger partial charge on any atom is 0.258 e. The molecule has 0 atom stereocenters. The van der Waals surface area contributed by atoms with E-state index in [2.05, 4.69) is 5.32 Å². The monoisotopic (exact) mass is 453 g/mol. The highest BCUT2D eigenvalue weighted by Crippen LogP contribution is 2.26. The van der Waals surface area contributed by atoms with Crippen molar-refractivity contribution in [2.75, 3.05) is 25.5 Å². The number of nitrogens with zero attached hydrogens (tertiary/aromatic N) is 2. The zero-order chi connectivity index (χ0) is 22.7. The van der Waals surface area contributed by atoms with Crippen molar-refractivity contribution in [3.63, 3.8) is 0 Å². The van der Waals surface area contributed by atoms with Gasteiger partial charge in [-0.15, -0.1) is 0 Å². The molecule has 1 N–H and O–H groups in total. The zero-order valence-electron chi connectivity index (χ0n) is 17.8. The van der Waals surface area contributed by atoms with Crippen LogP contribution in [0.15, 0.2) is 53.5 Å². The van der Waals surface area contributed by atoms with Gasteiger partial charge in [0.1, 0.15) is 5.75 Å². The van der Waals surface area contributed by atoms with E-state index in [-0.39, 0.29) is 17.4 Å². The van der Waals surface area contributed by atoms with Crippen molar-refractivity contribution in [2.45, 2.75) is 25.8 Å². The van der Waals surface area contributed by atoms with Crippen LogP contribution in [0.4, 0.5) is 5.69 Å². The Morgan fingerprint density at radius 3 is 2.69 bits per heavy atom. The van der Waals surface area contributed by atoms with Gasteiger partial charge in [0.2, 0.25) is 5.91 Å². The summed E-state index contributed by atoms with van der Waals surface area (Å²) in [5, 5.41) is 4.40. The SMILES string of the molecule is COc1ccc(C(=O)Nc2cccc3c(=O)n(CCCN4CCCC4=O)ccc23)cc1Cl. The second-order valence-corrected chi connectivity index (χ2v) is 8.13. The molecule has 0 spiro atoms. The fourth-order valence-corrected chi connectivity index (χ4v) is 4.24. The zero-order valence-corrected chi connectivity index (χ0v) is 18.5. The van der Waals surface area contributed by atoms with Gasteiger partial charge in [-0.3, -0.25) is 14.4 Å². The number of hydrogen-bond acceptors (Lipinski definition) is 4. The summed E-state index contributed by atoms with van der Waals surface area (Å²) in [7, 11) is 1.51. The smallest absolute Gasteiger partial charge is 0.258 e. The van der Waals surface area contributed by atoms with E-state index in [4.69, 9.17) is 16.3 Å². The molecule has 1 saturated heterocycles. The molecule has 0 bridgehead atoms. The first-order chi connectivity index (χ1) is 15.5. The van der Waals surface area contributed by atoms with Crippen LogP contribution in [-0.4, -0.2) is 41.5 Å². The number of ether oxygens (including phenoxy) is 1. The number of aromatic nitrogens is 1. The fraction of sp³-hybridized carbons (Fsp3) is 0.292. The summed E-state index contributed by atoms with van der Waals surface area (Å²) >= 11 is 6.13. The third-order valence-electron chi connectivity index (χ3n) is 5.68. The number of hydrogen-bond donors (Lipinski definition) is 1. The van der Waals surface area contributed by atoms with E-state index in [1.54, 1.807) is 47.2 Å². The number of carbonyl (C=O) groups excluding carboxylic acids is 2. The van der Waals surface area contributed by atoms with Crippen molar-refractivity contribution >= 4 is 39.9 Å². The van der Waals surface area contributed by atoms with Crippen molar-refractivity contribution in [1.29, 1.82) is 0 Å². The van der Waals surface area contributed by atoms with Gasteiger partial charge in [-0.25, -0.2) is 0 Å². The minimum atomic E-state index is -0.332. The Bertz CT molecular complexity index is 1240. The third kappa shape index (κ3) is 4.48. The normalized spacial score (nSPS) is 13.6. The summed E-state index contributed by atoms with van der Waals surface area (Å²) in [5.74, 6) is 0.346. The molecule has 0 aliphatic carbocycles. The molecule has 4 rings (SSSR count). The first kappa shape index (κ1) is 21.9. The molecule has 166 valence electrons. The average Bonchev–Trinajstić information content (AvgIpc) is 3.20. The van der Waals surface area contributed by atoms with E-state index >= 15 is 0 Å². The number of anilines is 1. The van der Waals surface area contributed by atoms with Crippen LogP contribution in [0.1, 0.15) is 29.6 Å². The van der Waals surface area contributed by atoms with E-state index in [9.17, 15) is 14.4 Å². The molecule has 7 nitrogen and oxygen atoms in total. The van der Waals surface area contributed by atoms with Gasteiger partial charge >= 0.3 is 0 Å². The number of nitrogens with one attached hydrogen (secondary N) is 1. The van der Waals surface area contributed by atoms with E-state index in [0.717, 1.165) is 13.0 Å². The molecule has 0 unspecified atom stereocenters. The number of methoxy groups -OCH3 is 1. The molecule has 2 aromatic carbocycles. The lowest BCUT2D eigenvalue weighted by Gasteiger charge is -2.16. The second-order valence-electron chi connectivity index (χ2n) is 7.72. The summed E-state index contributed by atoms with van der Waals surface area (Å²) < 4.78 is 6.77. The molecule has 1 aromatic heterocycles. The predicted molar refractivity (Wildman–Crippen MR) is 125 cm³/mol. The van der Waals surface area contributed by atoms with E-state index in [1.165, 1.54) is 7.11 Å². The summed E-state index contributed by atoms with van der Waals surface area (Å²) in [6, 6.07) is 11.9. The molecular formula is C24H24ClN3O4. The molecule has 1 fully saturated rings. The number of benzene rings is 2. The molecule has 3 aromatic rings. The Kier molecular flexibility index (Phi) is 6.46. The molecule has 2 heterocycles. The van der Waals surface area contributed by atoms with Crippen LogP contribution in [-0.2, 0) is 11.3 Å². The van der Waals surface area contributed by atoms with Gasteiger partial charge in [-0.05, 0) is 49.2 Å². The lowest BCUT2D eigenvalue weighted by atomic mass is 10.1. The maximum absolute atomic E-state index is 13.0. The summed E-state index contributed by atoms with van der Waals surface area (Å²) in [6.45, 7) is 1.98. The number of halogens is 1. The first-order valence-corrected chi connectivity index (χ1v) is 10.9. The molecule has 0 radical (unpaired) electrons. The van der Waals surface area contributed by atoms with E-state index < -0.39 is 0 Å². The van der Waals surface area contributed by atoms with Gasteiger partial charge in [-0.2, -0.15) is 0 Å². The number of pyridine rings is 1. The standard InChI is InChI=1S/C24H24ClN3O4/c1-32-21-9-8-16(15-19(21)25)23(30)26-20-6-2-5-18-17(20)10-14-28(24(18)31)13-4-12-27-11-3-7-22(27)29/h2,5-6,8-10,14-15H,3-4,7,11-13H2,1H3,(H,26,30). The lowest BCUT2D eigenvalue weighted by Crippen LogP contribution is -2.28. The van der Waals surface area contributed by atoms with Gasteiger partial charge in [-0.1, -0.05) is 17.7 Å². The minimum Gasteiger partial charge on any atom is -0.495 e. The van der Waals surface area contributed by atoms with Crippen LogP contribution in [0, 0.1) is 0 Å². The molecule has 8 heteroatoms. The Labute approximate surface area is 190 Å². The Morgan fingerprint density at radius 1 is 1.12 bits per heavy atom. The highest BCUT2D eigenvalue weighted by Gasteiger charge is 2.19. The van der Waals surface area contributed by atoms with Crippen molar-refractivity contribution in [3.8, 4) is 5.75 Å². The minimum absolute atomic E-state index is 0.126. The first-order valence-electron chi connectivity index (χ1n) is 10.5. The Balaban J connectivity index is 1.51. The third-order valence-corrected chi connectivity index (χ3v) is 5.97. The number of amides is 2. The topological polar surface area (TPSA) is 80.6 Å². The summed E-state index contributed by atoms with van der Waals surface area (Å²) in [5.41, 5.74) is 0.808. The van der Waals surface area contributed by atoms with Crippen LogP contribution >= 0.6 is 11.6 Å². The Hall–Kier alpha value is -3.32. The quantitative estimate of drug-likeness (QED) is 0.587. The molecule has 1 aliphatic rings. The van der Waals surface area contributed by atoms with Crippen LogP contribution in [0.3, 0.4) is 0 Å². The highest BCUT2D eigenvalue weighted by atomic mass is 35.5. The highest BCUT2D eigenvalue weighted by molar-refractivity contribution is 6.32. The van der Waals surface area contributed by atoms with Crippen molar-refractivity contribution in [2.24, 2.45) is 0 Å². The van der Waals surface area contributed by atoms with Gasteiger partial charge in [0, 0.05) is 54.3 Å². The van der Waals surface area contributed by atoms with Gasteiger partial charge in [0.25, 0.3) is 11.5 Å². The number of rotatable bonds is 7. The number of aryl methyl sites for hydroxylation is 1. The van der Waals surface area contributed by atoms with E-state index in [0.29, 0.717) is 58.7 Å². The summed E-state index contributed by atoms with van der Waals surface area (Å²) in [4.78, 5) is 39.3. The maximum atomic E-state index is 13.0. The van der Waals surface area contributed by atoms with Crippen molar-refractivity contribution in [3.05, 3.63) is 69.6 Å². The molecule has 32 heavy (non-hydrogen) atoms. The summed E-state index contributed by atoms with van der Waals surface area (Å²) in [6.07, 6.45) is 3.97. The molecule has 1 aliphatic heterocycles. The molecular weight excluding hydrogens is 430 g/mol. The van der Waals surface area contributed by atoms with Crippen LogP contribution < -0.4 is 15.6 Å². The van der Waals surface area contributed by atoms with Crippen LogP contribution in [0.2, 0.25) is 5.02 Å². The molecule has 0 saturated carbocycles. The number of likely N-dealkylation sites (tertiary alicyclic amines) is 1. The molecule has 2 amide bonds. The fourth-order valence-electron chi connectivity index (χ4n) is 3.98. The average molecular weight is 454 g/mol. The Morgan fingerprint density at radius 2 is 1.97 bits per heavy atom. The van der Waals surface area contributed by atoms with Crippen LogP contribution in [0.25, 0.3) is 10.8 Å². The van der Waals surface area contributed by atoms with Crippen LogP contribution in [0.5, 0.6) is 5.75 Å². The van der Waals surface area contributed by atoms with Gasteiger partial charge in [0.05, 0.1) is 12.1 Å². The lowest BCUT2D eigenvalue weighted by molar-refractivity contribution is -0.127. The number of fused-ring (bicyclic) bond motifs is 1. The van der Waals surface area contributed by atoms with Gasteiger partial charge in [0.15, 0.2) is 0 Å².